The number of hydrogen-bond acceptors (Lipinski definition) is 4. The summed E-state index contributed by atoms with van der Waals surface area (Å²) < 4.78 is 0. The molecule has 0 aromatic carbocycles. The molecule has 0 aromatic rings. The summed E-state index contributed by atoms with van der Waals surface area (Å²) in [6.07, 6.45) is 0. The minimum Gasteiger partial charge on any atom is -0.291 e. The largest absolute Gasteiger partial charge is 0.291 e. The third-order valence-corrected chi connectivity index (χ3v) is 2.89. The van der Waals surface area contributed by atoms with E-state index in [1.807, 2.05) is 0 Å². The van der Waals surface area contributed by atoms with Crippen molar-refractivity contribution in [3.63, 3.8) is 0 Å². The molecule has 62 valence electrons. The van der Waals surface area contributed by atoms with Gasteiger partial charge in [-0.2, -0.15) is 0 Å². The molecular formula is C7H14N4. The highest BCUT2D eigenvalue weighted by Gasteiger charge is 2.38. The Balaban J connectivity index is 1.89. The van der Waals surface area contributed by atoms with Crippen LogP contribution in [0.5, 0.6) is 0 Å². The summed E-state index contributed by atoms with van der Waals surface area (Å²) >= 11 is 0. The molecule has 3 bridgehead atoms. The van der Waals surface area contributed by atoms with E-state index in [0.29, 0.717) is 0 Å². The highest BCUT2D eigenvalue weighted by atomic mass is 15.5. The molecule has 0 saturated carbocycles. The maximum absolute atomic E-state index is 3.43. The number of rotatable bonds is 0. The number of fused-ring (bicyclic) bond motifs is 2. The summed E-state index contributed by atoms with van der Waals surface area (Å²) in [4.78, 5) is 7.54. The summed E-state index contributed by atoms with van der Waals surface area (Å²) in [7, 11) is 0. The van der Waals surface area contributed by atoms with E-state index in [1.165, 1.54) is 26.4 Å². The van der Waals surface area contributed by atoms with Gasteiger partial charge in [-0.05, 0) is 0 Å². The molecule has 3 atom stereocenters. The van der Waals surface area contributed by atoms with Gasteiger partial charge in [0, 0.05) is 19.1 Å². The second-order valence-corrected chi connectivity index (χ2v) is 3.80. The van der Waals surface area contributed by atoms with Crippen LogP contribution in [-0.4, -0.2) is 60.5 Å². The predicted octanol–water partition coefficient (Wildman–Crippen LogP) is -1.28. The van der Waals surface area contributed by atoms with E-state index in [0.717, 1.165) is 19.4 Å². The van der Waals surface area contributed by atoms with Crippen LogP contribution in [0.25, 0.3) is 0 Å². The maximum Gasteiger partial charge on any atom is 0.0534 e. The van der Waals surface area contributed by atoms with Crippen LogP contribution >= 0.6 is 0 Å². The van der Waals surface area contributed by atoms with Gasteiger partial charge in [0.2, 0.25) is 0 Å². The van der Waals surface area contributed by atoms with Gasteiger partial charge in [0.25, 0.3) is 0 Å². The van der Waals surface area contributed by atoms with E-state index in [-0.39, 0.29) is 0 Å². The van der Waals surface area contributed by atoms with Crippen molar-refractivity contribution in [1.29, 1.82) is 0 Å². The number of hydrogen-bond donors (Lipinski definition) is 1. The molecule has 3 saturated heterocycles. The van der Waals surface area contributed by atoms with Gasteiger partial charge in [-0.1, -0.05) is 0 Å². The van der Waals surface area contributed by atoms with Gasteiger partial charge in [-0.15, -0.1) is 0 Å². The van der Waals surface area contributed by atoms with Gasteiger partial charge < -0.3 is 0 Å². The molecule has 3 heterocycles. The first-order valence-electron chi connectivity index (χ1n) is 4.31. The zero-order valence-electron chi connectivity index (χ0n) is 6.66. The normalized spacial score (nSPS) is 49.6. The lowest BCUT2D eigenvalue weighted by Gasteiger charge is -2.31. The summed E-state index contributed by atoms with van der Waals surface area (Å²) in [5, 5.41) is 3.43. The monoisotopic (exact) mass is 154 g/mol. The highest BCUT2D eigenvalue weighted by molar-refractivity contribution is 4.90. The zero-order valence-corrected chi connectivity index (χ0v) is 6.66. The minimum atomic E-state index is 0.804. The highest BCUT2D eigenvalue weighted by Crippen LogP contribution is 2.20. The fourth-order valence-corrected chi connectivity index (χ4v) is 2.40. The summed E-state index contributed by atoms with van der Waals surface area (Å²) in [6, 6.07) is 0.804. The summed E-state index contributed by atoms with van der Waals surface area (Å²) in [5.41, 5.74) is 0. The number of nitrogens with one attached hydrogen (secondary N) is 1. The number of nitrogens with zero attached hydrogens (tertiary/aromatic N) is 3. The Labute approximate surface area is 66.7 Å². The van der Waals surface area contributed by atoms with Gasteiger partial charge in [0.15, 0.2) is 0 Å². The third kappa shape index (κ3) is 0.906. The Morgan fingerprint density at radius 2 is 1.91 bits per heavy atom. The Hall–Kier alpha value is -0.160. The van der Waals surface area contributed by atoms with Gasteiger partial charge in [0.1, 0.15) is 0 Å². The first-order valence-corrected chi connectivity index (χ1v) is 4.31. The van der Waals surface area contributed by atoms with Crippen LogP contribution < -0.4 is 5.32 Å². The van der Waals surface area contributed by atoms with Gasteiger partial charge in [0.05, 0.1) is 26.7 Å². The molecule has 3 fully saturated rings. The van der Waals surface area contributed by atoms with Crippen molar-refractivity contribution in [2.45, 2.75) is 6.04 Å². The minimum absolute atomic E-state index is 0.804. The third-order valence-electron chi connectivity index (χ3n) is 2.89. The lowest BCUT2D eigenvalue weighted by molar-refractivity contribution is 0.109. The molecule has 4 nitrogen and oxygen atoms in total. The van der Waals surface area contributed by atoms with E-state index < -0.39 is 0 Å². The van der Waals surface area contributed by atoms with Crippen LogP contribution in [0.15, 0.2) is 0 Å². The van der Waals surface area contributed by atoms with Crippen molar-refractivity contribution in [2.75, 3.05) is 39.8 Å². The van der Waals surface area contributed by atoms with Crippen molar-refractivity contribution in [2.24, 2.45) is 0 Å². The molecule has 11 heavy (non-hydrogen) atoms. The first-order chi connectivity index (χ1) is 5.42. The van der Waals surface area contributed by atoms with Crippen LogP contribution in [-0.2, 0) is 0 Å². The van der Waals surface area contributed by atoms with Gasteiger partial charge in [-0.25, -0.2) is 0 Å². The van der Waals surface area contributed by atoms with Crippen LogP contribution in [0.1, 0.15) is 0 Å². The van der Waals surface area contributed by atoms with E-state index >= 15 is 0 Å². The predicted molar refractivity (Wildman–Crippen MR) is 41.6 cm³/mol. The molecule has 0 aliphatic carbocycles. The standard InChI is InChI=1S/C7H14N4/c1-7-2-10-5-9(1)3-8-4-11(7)6-10/h7-8H,1-6H2. The Morgan fingerprint density at radius 3 is 2.91 bits per heavy atom. The molecule has 0 spiro atoms. The average Bonchev–Trinajstić information content (AvgIpc) is 2.17. The van der Waals surface area contributed by atoms with E-state index in [2.05, 4.69) is 20.0 Å². The molecular weight excluding hydrogens is 140 g/mol. The quantitative estimate of drug-likeness (QED) is 0.469. The smallest absolute Gasteiger partial charge is 0.0534 e. The van der Waals surface area contributed by atoms with Crippen LogP contribution in [0.2, 0.25) is 0 Å². The van der Waals surface area contributed by atoms with Crippen LogP contribution in [0.4, 0.5) is 0 Å². The molecule has 0 aromatic heterocycles. The van der Waals surface area contributed by atoms with E-state index in [1.54, 1.807) is 0 Å². The van der Waals surface area contributed by atoms with Gasteiger partial charge >= 0.3 is 0 Å². The topological polar surface area (TPSA) is 21.8 Å². The molecule has 0 radical (unpaired) electrons. The Kier molecular flexibility index (Phi) is 1.25. The first kappa shape index (κ1) is 6.37. The SMILES string of the molecule is C1NCN2CN3CC2CN1C3. The second-order valence-electron chi connectivity index (χ2n) is 3.80. The molecule has 1 N–H and O–H groups in total. The fraction of sp³-hybridized carbons (Fsp3) is 1.00. The molecule has 3 aliphatic rings. The van der Waals surface area contributed by atoms with Crippen molar-refractivity contribution >= 4 is 0 Å². The van der Waals surface area contributed by atoms with Crippen LogP contribution in [0, 0.1) is 0 Å². The molecule has 3 rings (SSSR count). The van der Waals surface area contributed by atoms with Gasteiger partial charge in [-0.3, -0.25) is 20.0 Å². The Morgan fingerprint density at radius 1 is 1.00 bits per heavy atom. The molecule has 0 amide bonds. The lowest BCUT2D eigenvalue weighted by atomic mass is 10.2. The van der Waals surface area contributed by atoms with Crippen molar-refractivity contribution in [3.05, 3.63) is 0 Å². The van der Waals surface area contributed by atoms with E-state index in [4.69, 9.17) is 0 Å². The lowest BCUT2D eigenvalue weighted by Crippen LogP contribution is -2.48. The molecule has 3 aliphatic heterocycles. The zero-order chi connectivity index (χ0) is 7.26. The maximum atomic E-state index is 3.43. The van der Waals surface area contributed by atoms with Crippen molar-refractivity contribution in [3.8, 4) is 0 Å². The van der Waals surface area contributed by atoms with Crippen LogP contribution in [0.3, 0.4) is 0 Å². The summed E-state index contributed by atoms with van der Waals surface area (Å²) in [6.45, 7) is 7.05. The van der Waals surface area contributed by atoms with Crippen molar-refractivity contribution < 1.29 is 0 Å². The summed E-state index contributed by atoms with van der Waals surface area (Å²) in [5.74, 6) is 0. The average molecular weight is 154 g/mol. The van der Waals surface area contributed by atoms with E-state index in [9.17, 15) is 0 Å². The Bertz CT molecular complexity index is 170. The molecule has 4 heteroatoms. The van der Waals surface area contributed by atoms with Crippen molar-refractivity contribution in [1.82, 2.24) is 20.0 Å². The molecule has 3 unspecified atom stereocenters. The fourth-order valence-electron chi connectivity index (χ4n) is 2.40. The second kappa shape index (κ2) is 2.17.